The summed E-state index contributed by atoms with van der Waals surface area (Å²) < 4.78 is 15.4. The minimum Gasteiger partial charge on any atom is -0.370 e. The van der Waals surface area contributed by atoms with E-state index in [9.17, 15) is 18.8 Å². The van der Waals surface area contributed by atoms with Gasteiger partial charge in [-0.05, 0) is 62.9 Å². The number of hydrogen-bond donors (Lipinski definition) is 1. The van der Waals surface area contributed by atoms with Crippen molar-refractivity contribution in [3.05, 3.63) is 81.9 Å². The zero-order valence-electron chi connectivity index (χ0n) is 22.0. The lowest BCUT2D eigenvalue weighted by Crippen LogP contribution is -2.43. The van der Waals surface area contributed by atoms with E-state index in [0.717, 1.165) is 35.4 Å². The van der Waals surface area contributed by atoms with Gasteiger partial charge < -0.3 is 10.2 Å². The first kappa shape index (κ1) is 25.6. The fourth-order valence-corrected chi connectivity index (χ4v) is 5.52. The van der Waals surface area contributed by atoms with Crippen LogP contribution in [0.5, 0.6) is 0 Å². The molecule has 2 aromatic carbocycles. The Morgan fingerprint density at radius 3 is 2.66 bits per heavy atom. The average molecular weight is 518 g/mol. The molecule has 0 saturated carbocycles. The molecular weight excluding hydrogens is 485 g/mol. The Hall–Kier alpha value is -4.01. The van der Waals surface area contributed by atoms with Gasteiger partial charge in [-0.3, -0.25) is 24.0 Å². The molecule has 1 unspecified atom stereocenters. The molecule has 3 heterocycles. The first-order chi connectivity index (χ1) is 18.2. The van der Waals surface area contributed by atoms with E-state index >= 15 is 0 Å². The quantitative estimate of drug-likeness (QED) is 0.485. The van der Waals surface area contributed by atoms with Gasteiger partial charge in [0.25, 0.3) is 11.8 Å². The molecule has 1 fully saturated rings. The van der Waals surface area contributed by atoms with E-state index in [1.165, 1.54) is 17.0 Å². The van der Waals surface area contributed by atoms with Gasteiger partial charge in [0.2, 0.25) is 5.91 Å². The summed E-state index contributed by atoms with van der Waals surface area (Å²) in [6.45, 7) is 5.69. The largest absolute Gasteiger partial charge is 0.370 e. The lowest BCUT2D eigenvalue weighted by Gasteiger charge is -2.34. The number of halogens is 1. The van der Waals surface area contributed by atoms with Gasteiger partial charge in [0.1, 0.15) is 5.82 Å². The number of nitrogens with zero attached hydrogens (tertiary/aromatic N) is 4. The highest BCUT2D eigenvalue weighted by Crippen LogP contribution is 2.34. The lowest BCUT2D eigenvalue weighted by atomic mass is 9.95. The van der Waals surface area contributed by atoms with E-state index in [0.29, 0.717) is 42.9 Å². The van der Waals surface area contributed by atoms with Gasteiger partial charge in [0, 0.05) is 44.5 Å². The fraction of sp³-hybridized carbons (Fsp3) is 0.379. The van der Waals surface area contributed by atoms with Gasteiger partial charge in [-0.2, -0.15) is 5.10 Å². The van der Waals surface area contributed by atoms with Crippen LogP contribution in [0.25, 0.3) is 0 Å². The summed E-state index contributed by atoms with van der Waals surface area (Å²) in [6.07, 6.45) is 1.94. The molecule has 0 bridgehead atoms. The lowest BCUT2D eigenvalue weighted by molar-refractivity contribution is -0.125. The third-order valence-electron chi connectivity index (χ3n) is 7.72. The van der Waals surface area contributed by atoms with Crippen LogP contribution in [0.4, 0.5) is 10.1 Å². The molecule has 1 N–H and O–H groups in total. The summed E-state index contributed by atoms with van der Waals surface area (Å²) in [6, 6.07) is 11.5. The second-order valence-corrected chi connectivity index (χ2v) is 10.1. The highest BCUT2D eigenvalue weighted by molar-refractivity contribution is 6.23. The van der Waals surface area contributed by atoms with Gasteiger partial charge >= 0.3 is 0 Å². The van der Waals surface area contributed by atoms with Crippen LogP contribution >= 0.6 is 0 Å². The molecule has 0 radical (unpaired) electrons. The summed E-state index contributed by atoms with van der Waals surface area (Å²) in [7, 11) is 1.89. The number of aryl methyl sites for hydroxylation is 2. The number of carbonyl (C=O) groups is 3. The average Bonchev–Trinajstić information content (AvgIpc) is 3.31. The number of nitrogens with one attached hydrogen (secondary N) is 1. The third-order valence-corrected chi connectivity index (χ3v) is 7.72. The van der Waals surface area contributed by atoms with Crippen LogP contribution in [-0.2, 0) is 24.8 Å². The molecule has 2 aliphatic heterocycles. The van der Waals surface area contributed by atoms with Gasteiger partial charge in [-0.1, -0.05) is 18.2 Å². The van der Waals surface area contributed by atoms with E-state index < -0.39 is 0 Å². The number of imide groups is 1. The molecule has 0 aliphatic carbocycles. The second-order valence-electron chi connectivity index (χ2n) is 10.1. The van der Waals surface area contributed by atoms with Crippen LogP contribution in [-0.4, -0.2) is 52.0 Å². The monoisotopic (exact) mass is 517 g/mol. The summed E-state index contributed by atoms with van der Waals surface area (Å²) >= 11 is 0. The Morgan fingerprint density at radius 1 is 1.13 bits per heavy atom. The predicted molar refractivity (Wildman–Crippen MR) is 141 cm³/mol. The maximum Gasteiger partial charge on any atom is 0.263 e. The molecule has 1 aromatic heterocycles. The molecule has 3 aromatic rings. The first-order valence-corrected chi connectivity index (χ1v) is 13.0. The number of amides is 3. The van der Waals surface area contributed by atoms with Gasteiger partial charge in [-0.25, -0.2) is 4.39 Å². The number of carbonyl (C=O) groups excluding carboxylic acids is 3. The van der Waals surface area contributed by atoms with E-state index in [1.54, 1.807) is 24.3 Å². The molecule has 1 saturated heterocycles. The SMILES string of the molecule is Cc1nn(C)c(C)c1CNC(=O)C1CCCN(c2cccc3c2C(=O)N(CCc2cccc(F)c2)C3=O)C1. The van der Waals surface area contributed by atoms with Crippen LogP contribution in [0, 0.1) is 25.6 Å². The molecule has 2 aliphatic rings. The van der Waals surface area contributed by atoms with Crippen LogP contribution < -0.4 is 10.2 Å². The van der Waals surface area contributed by atoms with Crippen molar-refractivity contribution in [2.45, 2.75) is 39.7 Å². The van der Waals surface area contributed by atoms with Crippen molar-refractivity contribution in [1.82, 2.24) is 20.0 Å². The zero-order valence-corrected chi connectivity index (χ0v) is 22.0. The molecule has 5 rings (SSSR count). The highest BCUT2D eigenvalue weighted by Gasteiger charge is 2.39. The number of benzene rings is 2. The normalized spacial score (nSPS) is 17.2. The van der Waals surface area contributed by atoms with Crippen LogP contribution in [0.15, 0.2) is 42.5 Å². The molecule has 9 heteroatoms. The third kappa shape index (κ3) is 4.80. The Kier molecular flexibility index (Phi) is 7.01. The minimum atomic E-state index is -0.346. The van der Waals surface area contributed by atoms with Crippen molar-refractivity contribution < 1.29 is 18.8 Å². The van der Waals surface area contributed by atoms with Crippen molar-refractivity contribution in [3.8, 4) is 0 Å². The minimum absolute atomic E-state index is 0.0240. The van der Waals surface area contributed by atoms with Crippen LogP contribution in [0.3, 0.4) is 0 Å². The predicted octanol–water partition coefficient (Wildman–Crippen LogP) is 3.55. The fourth-order valence-electron chi connectivity index (χ4n) is 5.52. The molecule has 8 nitrogen and oxygen atoms in total. The van der Waals surface area contributed by atoms with Gasteiger partial charge in [-0.15, -0.1) is 0 Å². The molecule has 0 spiro atoms. The maximum atomic E-state index is 13.6. The summed E-state index contributed by atoms with van der Waals surface area (Å²) in [5.41, 5.74) is 5.13. The smallest absolute Gasteiger partial charge is 0.263 e. The molecule has 198 valence electrons. The number of piperidine rings is 1. The first-order valence-electron chi connectivity index (χ1n) is 13.0. The Bertz CT molecular complexity index is 1420. The zero-order chi connectivity index (χ0) is 27.0. The second kappa shape index (κ2) is 10.4. The topological polar surface area (TPSA) is 87.5 Å². The van der Waals surface area contributed by atoms with Crippen molar-refractivity contribution >= 4 is 23.4 Å². The number of fused-ring (bicyclic) bond motifs is 1. The highest BCUT2D eigenvalue weighted by atomic mass is 19.1. The Morgan fingerprint density at radius 2 is 1.92 bits per heavy atom. The van der Waals surface area contributed by atoms with Crippen LogP contribution in [0.2, 0.25) is 0 Å². The molecular formula is C29H32FN5O3. The van der Waals surface area contributed by atoms with E-state index in [2.05, 4.69) is 15.3 Å². The van der Waals surface area contributed by atoms with Gasteiger partial charge in [0.05, 0.1) is 28.4 Å². The number of anilines is 1. The Balaban J connectivity index is 1.28. The molecule has 1 atom stereocenters. The van der Waals surface area contributed by atoms with Gasteiger partial charge in [0.15, 0.2) is 0 Å². The van der Waals surface area contributed by atoms with E-state index in [1.807, 2.05) is 31.6 Å². The van der Waals surface area contributed by atoms with Crippen LogP contribution in [0.1, 0.15) is 56.1 Å². The van der Waals surface area contributed by atoms with Crippen molar-refractivity contribution in [1.29, 1.82) is 0 Å². The number of hydrogen-bond acceptors (Lipinski definition) is 5. The number of rotatable bonds is 7. The summed E-state index contributed by atoms with van der Waals surface area (Å²) in [5, 5.41) is 7.49. The van der Waals surface area contributed by atoms with E-state index in [4.69, 9.17) is 0 Å². The standard InChI is InChI=1S/C29H32FN5O3/c1-18-24(19(2)33(3)32-18)16-31-27(36)21-8-6-13-34(17-21)25-11-5-10-23-26(25)29(38)35(28(23)37)14-12-20-7-4-9-22(30)15-20/h4-5,7,9-11,15,21H,6,8,12-14,16-17H2,1-3H3,(H,31,36). The van der Waals surface area contributed by atoms with Crippen molar-refractivity contribution in [3.63, 3.8) is 0 Å². The molecule has 3 amide bonds. The summed E-state index contributed by atoms with van der Waals surface area (Å²) in [4.78, 5) is 42.9. The summed E-state index contributed by atoms with van der Waals surface area (Å²) in [5.74, 6) is -1.28. The van der Waals surface area contributed by atoms with E-state index in [-0.39, 0.29) is 36.0 Å². The van der Waals surface area contributed by atoms with Crippen molar-refractivity contribution in [2.75, 3.05) is 24.5 Å². The molecule has 38 heavy (non-hydrogen) atoms. The maximum absolute atomic E-state index is 13.6. The van der Waals surface area contributed by atoms with Crippen molar-refractivity contribution in [2.24, 2.45) is 13.0 Å². The number of aromatic nitrogens is 2. The Labute approximate surface area is 221 Å².